The SMILES string of the molecule is CCCCCCCCCCCCCCCCCCOCCC(O)SOP(=O)(O)C(=O)O. The molecule has 31 heavy (non-hydrogen) atoms. The van der Waals surface area contributed by atoms with E-state index < -0.39 is 18.7 Å². The van der Waals surface area contributed by atoms with E-state index in [2.05, 4.69) is 10.9 Å². The third-order valence-electron chi connectivity index (χ3n) is 5.15. The first-order chi connectivity index (χ1) is 14.9. The number of carbonyl (C=O) groups is 1. The van der Waals surface area contributed by atoms with Crippen molar-refractivity contribution in [1.29, 1.82) is 0 Å². The summed E-state index contributed by atoms with van der Waals surface area (Å²) < 4.78 is 20.7. The van der Waals surface area contributed by atoms with E-state index in [1.54, 1.807) is 0 Å². The van der Waals surface area contributed by atoms with E-state index in [9.17, 15) is 14.5 Å². The minimum absolute atomic E-state index is 0.198. The first-order valence-electron chi connectivity index (χ1n) is 12.1. The molecule has 0 rings (SSSR count). The largest absolute Gasteiger partial charge is 0.472 e. The van der Waals surface area contributed by atoms with Crippen LogP contribution in [0.4, 0.5) is 4.79 Å². The minimum Gasteiger partial charge on any atom is -0.472 e. The summed E-state index contributed by atoms with van der Waals surface area (Å²) in [6, 6.07) is 0. The van der Waals surface area contributed by atoms with Crippen LogP contribution in [0.1, 0.15) is 116 Å². The van der Waals surface area contributed by atoms with Crippen molar-refractivity contribution in [3.8, 4) is 0 Å². The van der Waals surface area contributed by atoms with Crippen LogP contribution in [0.2, 0.25) is 0 Å². The first-order valence-corrected chi connectivity index (χ1v) is 14.5. The van der Waals surface area contributed by atoms with Crippen LogP contribution in [-0.4, -0.2) is 39.5 Å². The van der Waals surface area contributed by atoms with E-state index in [1.807, 2.05) is 0 Å². The Balaban J connectivity index is 3.23. The summed E-state index contributed by atoms with van der Waals surface area (Å²) in [6.07, 6.45) is 21.3. The van der Waals surface area contributed by atoms with Crippen LogP contribution < -0.4 is 0 Å². The highest BCUT2D eigenvalue weighted by Gasteiger charge is 2.32. The number of rotatable bonds is 24. The van der Waals surface area contributed by atoms with Crippen molar-refractivity contribution in [3.63, 3.8) is 0 Å². The van der Waals surface area contributed by atoms with Crippen LogP contribution in [0.5, 0.6) is 0 Å². The second-order valence-electron chi connectivity index (χ2n) is 8.13. The van der Waals surface area contributed by atoms with Gasteiger partial charge in [0.1, 0.15) is 5.44 Å². The number of aliphatic hydroxyl groups excluding tert-OH is 1. The van der Waals surface area contributed by atoms with Crippen molar-refractivity contribution in [1.82, 2.24) is 0 Å². The Morgan fingerprint density at radius 3 is 1.65 bits per heavy atom. The Bertz CT molecular complexity index is 465. The fourth-order valence-corrected chi connectivity index (χ4v) is 4.54. The summed E-state index contributed by atoms with van der Waals surface area (Å²) in [5, 5.41) is 18.0. The lowest BCUT2D eigenvalue weighted by atomic mass is 10.0. The maximum atomic E-state index is 11.0. The summed E-state index contributed by atoms with van der Waals surface area (Å²) >= 11 is 0.283. The van der Waals surface area contributed by atoms with Crippen LogP contribution in [0.15, 0.2) is 0 Å². The van der Waals surface area contributed by atoms with E-state index >= 15 is 0 Å². The molecule has 7 nitrogen and oxygen atoms in total. The van der Waals surface area contributed by atoms with Crippen molar-refractivity contribution in [2.75, 3.05) is 13.2 Å². The Kier molecular flexibility index (Phi) is 21.6. The Morgan fingerprint density at radius 2 is 1.23 bits per heavy atom. The maximum Gasteiger partial charge on any atom is 0.446 e. The fraction of sp³-hybridized carbons (Fsp3) is 0.955. The second kappa shape index (κ2) is 21.7. The van der Waals surface area contributed by atoms with Crippen molar-refractivity contribution >= 4 is 25.3 Å². The third-order valence-corrected chi connectivity index (χ3v) is 7.24. The zero-order valence-corrected chi connectivity index (χ0v) is 21.1. The Morgan fingerprint density at radius 1 is 0.806 bits per heavy atom. The molecule has 9 heteroatoms. The molecule has 0 amide bonds. The van der Waals surface area contributed by atoms with Crippen molar-refractivity contribution < 1.29 is 33.2 Å². The molecule has 0 aromatic rings. The van der Waals surface area contributed by atoms with Gasteiger partial charge < -0.3 is 19.8 Å². The Hall–Kier alpha value is -0.110. The number of hydrogen-bond donors (Lipinski definition) is 3. The highest BCUT2D eigenvalue weighted by Crippen LogP contribution is 2.47. The summed E-state index contributed by atoms with van der Waals surface area (Å²) in [6.45, 7) is 3.17. The summed E-state index contributed by atoms with van der Waals surface area (Å²) in [5.74, 6) is 0. The lowest BCUT2D eigenvalue weighted by molar-refractivity contribution is 0.104. The third kappa shape index (κ3) is 21.5. The predicted octanol–water partition coefficient (Wildman–Crippen LogP) is 7.50. The van der Waals surface area contributed by atoms with Gasteiger partial charge in [-0.2, -0.15) is 0 Å². The number of carboxylic acid groups (broad SMARTS) is 1. The topological polar surface area (TPSA) is 113 Å². The van der Waals surface area contributed by atoms with E-state index in [4.69, 9.17) is 14.7 Å². The van der Waals surface area contributed by atoms with Gasteiger partial charge in [-0.15, -0.1) is 0 Å². The molecule has 0 fully saturated rings. The van der Waals surface area contributed by atoms with E-state index in [-0.39, 0.29) is 18.5 Å². The molecule has 0 aliphatic heterocycles. The highest BCUT2D eigenvalue weighted by atomic mass is 32.2. The van der Waals surface area contributed by atoms with E-state index in [0.29, 0.717) is 13.2 Å². The molecular weight excluding hydrogens is 439 g/mol. The molecule has 186 valence electrons. The molecule has 0 aromatic heterocycles. The van der Waals surface area contributed by atoms with Crippen LogP contribution in [0, 0.1) is 0 Å². The molecule has 0 aromatic carbocycles. The van der Waals surface area contributed by atoms with Gasteiger partial charge in [0.05, 0.1) is 0 Å². The molecular formula is C22H45O7PS. The fourth-order valence-electron chi connectivity index (χ4n) is 3.23. The summed E-state index contributed by atoms with van der Waals surface area (Å²) in [4.78, 5) is 19.4. The van der Waals surface area contributed by atoms with E-state index in [1.165, 1.54) is 89.9 Å². The summed E-state index contributed by atoms with van der Waals surface area (Å²) in [5.41, 5.74) is -3.04. The smallest absolute Gasteiger partial charge is 0.446 e. The molecule has 0 bridgehead atoms. The zero-order valence-electron chi connectivity index (χ0n) is 19.3. The van der Waals surface area contributed by atoms with Gasteiger partial charge in [-0.1, -0.05) is 103 Å². The lowest BCUT2D eigenvalue weighted by Crippen LogP contribution is -2.08. The van der Waals surface area contributed by atoms with E-state index in [0.717, 1.165) is 12.8 Å². The van der Waals surface area contributed by atoms with Crippen LogP contribution in [-0.2, 0) is 13.3 Å². The lowest BCUT2D eigenvalue weighted by Gasteiger charge is -2.11. The second-order valence-corrected chi connectivity index (χ2v) is 10.9. The number of aliphatic hydroxyl groups is 1. The molecule has 0 saturated carbocycles. The zero-order chi connectivity index (χ0) is 23.2. The van der Waals surface area contributed by atoms with Crippen LogP contribution in [0.25, 0.3) is 0 Å². The number of hydrogen-bond acceptors (Lipinski definition) is 6. The van der Waals surface area contributed by atoms with Gasteiger partial charge in [-0.25, -0.2) is 13.3 Å². The van der Waals surface area contributed by atoms with Crippen LogP contribution in [0.3, 0.4) is 0 Å². The van der Waals surface area contributed by atoms with Gasteiger partial charge in [-0.05, 0) is 6.42 Å². The van der Waals surface area contributed by atoms with Crippen LogP contribution >= 0.6 is 19.6 Å². The highest BCUT2D eigenvalue weighted by molar-refractivity contribution is 8.00. The normalized spacial score (nSPS) is 14.4. The minimum atomic E-state index is -4.72. The number of ether oxygens (including phenoxy) is 1. The molecule has 0 aliphatic rings. The van der Waals surface area contributed by atoms with Gasteiger partial charge in [0.2, 0.25) is 0 Å². The quantitative estimate of drug-likeness (QED) is 0.0558. The van der Waals surface area contributed by atoms with Crippen molar-refractivity contribution in [2.45, 2.75) is 122 Å². The number of unbranched alkanes of at least 4 members (excludes halogenated alkanes) is 15. The van der Waals surface area contributed by atoms with Gasteiger partial charge >= 0.3 is 13.3 Å². The first kappa shape index (κ1) is 30.9. The average Bonchev–Trinajstić information content (AvgIpc) is 2.74. The molecule has 0 heterocycles. The molecule has 0 aliphatic carbocycles. The van der Waals surface area contributed by atoms with Crippen molar-refractivity contribution in [3.05, 3.63) is 0 Å². The standard InChI is InChI=1S/C22H45O7PS/c1-2-3-4-5-6-7-8-9-10-11-12-13-14-15-16-17-19-28-20-18-21(23)31-29-30(26,27)22(24)25/h21,23H,2-20H2,1H3,(H,24,25)(H,26,27). The molecule has 0 saturated heterocycles. The van der Waals surface area contributed by atoms with Gasteiger partial charge in [0.15, 0.2) is 0 Å². The van der Waals surface area contributed by atoms with Gasteiger partial charge in [-0.3, -0.25) is 0 Å². The van der Waals surface area contributed by atoms with Gasteiger partial charge in [0.25, 0.3) is 0 Å². The van der Waals surface area contributed by atoms with Gasteiger partial charge in [0, 0.05) is 31.7 Å². The summed E-state index contributed by atoms with van der Waals surface area (Å²) in [7, 11) is -4.72. The monoisotopic (exact) mass is 484 g/mol. The molecule has 2 unspecified atom stereocenters. The predicted molar refractivity (Wildman–Crippen MR) is 128 cm³/mol. The van der Waals surface area contributed by atoms with Crippen molar-refractivity contribution in [2.24, 2.45) is 0 Å². The molecule has 0 spiro atoms. The molecule has 2 atom stereocenters. The average molecular weight is 485 g/mol. The molecule has 3 N–H and O–H groups in total. The maximum absolute atomic E-state index is 11.0. The molecule has 0 radical (unpaired) electrons. The Labute approximate surface area is 193 Å².